The third-order valence-corrected chi connectivity index (χ3v) is 3.79. The minimum Gasteiger partial charge on any atom is -0.497 e. The van der Waals surface area contributed by atoms with Crippen LogP contribution in [0.15, 0.2) is 48.8 Å². The summed E-state index contributed by atoms with van der Waals surface area (Å²) in [5.41, 5.74) is 1.37. The number of amides is 2. The SMILES string of the molecule is COc1cccc(N2C[C@H](C(=O)Nc3cccnc3)CC2=O)c1. The minimum atomic E-state index is -0.381. The van der Waals surface area contributed by atoms with E-state index in [0.29, 0.717) is 18.0 Å². The molecular weight excluding hydrogens is 294 g/mol. The number of anilines is 2. The van der Waals surface area contributed by atoms with Crippen molar-refractivity contribution in [3.63, 3.8) is 0 Å². The van der Waals surface area contributed by atoms with Gasteiger partial charge in [0, 0.05) is 30.9 Å². The molecule has 1 saturated heterocycles. The lowest BCUT2D eigenvalue weighted by molar-refractivity contribution is -0.122. The van der Waals surface area contributed by atoms with Gasteiger partial charge in [0.25, 0.3) is 0 Å². The second-order valence-corrected chi connectivity index (χ2v) is 5.34. The second kappa shape index (κ2) is 6.48. The molecule has 23 heavy (non-hydrogen) atoms. The number of methoxy groups -OCH3 is 1. The standard InChI is InChI=1S/C17H17N3O3/c1-23-15-6-2-5-14(9-15)20-11-12(8-16(20)21)17(22)19-13-4-3-7-18-10-13/h2-7,9-10,12H,8,11H2,1H3,(H,19,22)/t12-/m1/s1. The molecule has 1 aliphatic heterocycles. The van der Waals surface area contributed by atoms with E-state index in [4.69, 9.17) is 4.74 Å². The first kappa shape index (κ1) is 15.0. The molecule has 0 aliphatic carbocycles. The van der Waals surface area contributed by atoms with Crippen molar-refractivity contribution in [1.29, 1.82) is 0 Å². The van der Waals surface area contributed by atoms with Gasteiger partial charge < -0.3 is 15.0 Å². The quantitative estimate of drug-likeness (QED) is 0.938. The van der Waals surface area contributed by atoms with Crippen LogP contribution in [0.1, 0.15) is 6.42 Å². The molecule has 0 radical (unpaired) electrons. The van der Waals surface area contributed by atoms with Crippen LogP contribution < -0.4 is 15.0 Å². The van der Waals surface area contributed by atoms with E-state index in [-0.39, 0.29) is 24.2 Å². The van der Waals surface area contributed by atoms with E-state index in [2.05, 4.69) is 10.3 Å². The van der Waals surface area contributed by atoms with E-state index < -0.39 is 0 Å². The Labute approximate surface area is 134 Å². The molecule has 1 atom stereocenters. The van der Waals surface area contributed by atoms with Crippen molar-refractivity contribution >= 4 is 23.2 Å². The molecule has 0 spiro atoms. The van der Waals surface area contributed by atoms with Crippen LogP contribution in [0.2, 0.25) is 0 Å². The largest absolute Gasteiger partial charge is 0.497 e. The number of pyridine rings is 1. The lowest BCUT2D eigenvalue weighted by atomic mass is 10.1. The van der Waals surface area contributed by atoms with Crippen LogP contribution in [0.5, 0.6) is 5.75 Å². The fourth-order valence-electron chi connectivity index (χ4n) is 2.59. The van der Waals surface area contributed by atoms with Crippen molar-refractivity contribution < 1.29 is 14.3 Å². The molecule has 0 bridgehead atoms. The van der Waals surface area contributed by atoms with Crippen LogP contribution in [-0.2, 0) is 9.59 Å². The smallest absolute Gasteiger partial charge is 0.229 e. The van der Waals surface area contributed by atoms with Gasteiger partial charge in [-0.2, -0.15) is 0 Å². The number of carbonyl (C=O) groups excluding carboxylic acids is 2. The Morgan fingerprint density at radius 1 is 1.35 bits per heavy atom. The highest BCUT2D eigenvalue weighted by Crippen LogP contribution is 2.28. The Bertz CT molecular complexity index is 718. The Balaban J connectivity index is 1.70. The summed E-state index contributed by atoms with van der Waals surface area (Å²) in [7, 11) is 1.58. The van der Waals surface area contributed by atoms with Crippen LogP contribution in [0.3, 0.4) is 0 Å². The average molecular weight is 311 g/mol. The number of aromatic nitrogens is 1. The average Bonchev–Trinajstić information content (AvgIpc) is 2.98. The van der Waals surface area contributed by atoms with Gasteiger partial charge in [0.2, 0.25) is 11.8 Å². The van der Waals surface area contributed by atoms with Gasteiger partial charge in [0.05, 0.1) is 24.9 Å². The summed E-state index contributed by atoms with van der Waals surface area (Å²) in [5.74, 6) is 0.0637. The number of hydrogen-bond acceptors (Lipinski definition) is 4. The lowest BCUT2D eigenvalue weighted by Gasteiger charge is -2.17. The van der Waals surface area contributed by atoms with Gasteiger partial charge in [-0.15, -0.1) is 0 Å². The van der Waals surface area contributed by atoms with Gasteiger partial charge in [0.1, 0.15) is 5.75 Å². The van der Waals surface area contributed by atoms with Gasteiger partial charge in [-0.05, 0) is 24.3 Å². The van der Waals surface area contributed by atoms with E-state index in [1.165, 1.54) is 0 Å². The number of nitrogens with one attached hydrogen (secondary N) is 1. The molecular formula is C17H17N3O3. The lowest BCUT2D eigenvalue weighted by Crippen LogP contribution is -2.28. The highest BCUT2D eigenvalue weighted by atomic mass is 16.5. The Morgan fingerprint density at radius 2 is 2.22 bits per heavy atom. The molecule has 1 aliphatic rings. The van der Waals surface area contributed by atoms with Crippen molar-refractivity contribution in [3.05, 3.63) is 48.8 Å². The highest BCUT2D eigenvalue weighted by Gasteiger charge is 2.35. The van der Waals surface area contributed by atoms with E-state index in [1.54, 1.807) is 42.6 Å². The van der Waals surface area contributed by atoms with Crippen molar-refractivity contribution in [2.24, 2.45) is 5.92 Å². The molecule has 6 heteroatoms. The molecule has 0 saturated carbocycles. The van der Waals surface area contributed by atoms with Crippen LogP contribution in [0.25, 0.3) is 0 Å². The maximum absolute atomic E-state index is 12.3. The highest BCUT2D eigenvalue weighted by molar-refractivity contribution is 6.03. The minimum absolute atomic E-state index is 0.0652. The number of nitrogens with zero attached hydrogens (tertiary/aromatic N) is 2. The summed E-state index contributed by atoms with van der Waals surface area (Å²) < 4.78 is 5.18. The van der Waals surface area contributed by atoms with E-state index in [0.717, 1.165) is 5.69 Å². The molecule has 2 aromatic rings. The van der Waals surface area contributed by atoms with Crippen molar-refractivity contribution in [3.8, 4) is 5.75 Å². The fraction of sp³-hybridized carbons (Fsp3) is 0.235. The topological polar surface area (TPSA) is 71.5 Å². The third kappa shape index (κ3) is 3.31. The molecule has 118 valence electrons. The zero-order chi connectivity index (χ0) is 16.2. The summed E-state index contributed by atoms with van der Waals surface area (Å²) in [6.45, 7) is 0.359. The van der Waals surface area contributed by atoms with E-state index >= 15 is 0 Å². The number of carbonyl (C=O) groups is 2. The molecule has 2 amide bonds. The van der Waals surface area contributed by atoms with Crippen molar-refractivity contribution in [2.45, 2.75) is 6.42 Å². The third-order valence-electron chi connectivity index (χ3n) is 3.79. The monoisotopic (exact) mass is 311 g/mol. The molecule has 0 unspecified atom stereocenters. The predicted octanol–water partition coefficient (Wildman–Crippen LogP) is 2.08. The zero-order valence-electron chi connectivity index (χ0n) is 12.7. The Hall–Kier alpha value is -2.89. The van der Waals surface area contributed by atoms with Crippen LogP contribution >= 0.6 is 0 Å². The molecule has 1 aromatic carbocycles. The fourth-order valence-corrected chi connectivity index (χ4v) is 2.59. The van der Waals surface area contributed by atoms with Crippen molar-refractivity contribution in [2.75, 3.05) is 23.9 Å². The molecule has 1 fully saturated rings. The van der Waals surface area contributed by atoms with Gasteiger partial charge in [0.15, 0.2) is 0 Å². The second-order valence-electron chi connectivity index (χ2n) is 5.34. The molecule has 1 aromatic heterocycles. The van der Waals surface area contributed by atoms with Crippen LogP contribution in [0.4, 0.5) is 11.4 Å². The molecule has 2 heterocycles. The number of ether oxygens (including phenoxy) is 1. The summed E-state index contributed by atoms with van der Waals surface area (Å²) >= 11 is 0. The van der Waals surface area contributed by atoms with E-state index in [1.807, 2.05) is 18.2 Å². The summed E-state index contributed by atoms with van der Waals surface area (Å²) in [6.07, 6.45) is 3.41. The zero-order valence-corrected chi connectivity index (χ0v) is 12.7. The maximum Gasteiger partial charge on any atom is 0.229 e. The number of hydrogen-bond donors (Lipinski definition) is 1. The van der Waals surface area contributed by atoms with Gasteiger partial charge in [-0.25, -0.2) is 0 Å². The first-order chi connectivity index (χ1) is 11.2. The summed E-state index contributed by atoms with van der Waals surface area (Å²) in [4.78, 5) is 30.1. The van der Waals surface area contributed by atoms with Gasteiger partial charge in [-0.1, -0.05) is 6.07 Å². The summed E-state index contributed by atoms with van der Waals surface area (Å²) in [6, 6.07) is 10.8. The molecule has 3 rings (SSSR count). The Kier molecular flexibility index (Phi) is 4.23. The van der Waals surface area contributed by atoms with Crippen LogP contribution in [0, 0.1) is 5.92 Å². The van der Waals surface area contributed by atoms with Gasteiger partial charge in [-0.3, -0.25) is 14.6 Å². The van der Waals surface area contributed by atoms with E-state index in [9.17, 15) is 9.59 Å². The molecule has 6 nitrogen and oxygen atoms in total. The number of benzene rings is 1. The van der Waals surface area contributed by atoms with Gasteiger partial charge >= 0.3 is 0 Å². The summed E-state index contributed by atoms with van der Waals surface area (Å²) in [5, 5.41) is 2.79. The first-order valence-corrected chi connectivity index (χ1v) is 7.32. The van der Waals surface area contributed by atoms with Crippen LogP contribution in [-0.4, -0.2) is 30.5 Å². The predicted molar refractivity (Wildman–Crippen MR) is 86.3 cm³/mol. The first-order valence-electron chi connectivity index (χ1n) is 7.32. The number of rotatable bonds is 4. The maximum atomic E-state index is 12.3. The molecule has 1 N–H and O–H groups in total. The normalized spacial score (nSPS) is 17.2. The Morgan fingerprint density at radius 3 is 2.96 bits per heavy atom. The van der Waals surface area contributed by atoms with Crippen molar-refractivity contribution in [1.82, 2.24) is 4.98 Å².